The Morgan fingerprint density at radius 2 is 1.70 bits per heavy atom. The van der Waals surface area contributed by atoms with E-state index in [2.05, 4.69) is 6.92 Å². The number of benzene rings is 2. The first-order chi connectivity index (χ1) is 15.9. The van der Waals surface area contributed by atoms with E-state index in [1.807, 2.05) is 30.5 Å². The van der Waals surface area contributed by atoms with Crippen molar-refractivity contribution in [3.05, 3.63) is 53.3 Å². The van der Waals surface area contributed by atoms with Crippen LogP contribution in [0.3, 0.4) is 0 Å². The van der Waals surface area contributed by atoms with Crippen molar-refractivity contribution in [2.75, 3.05) is 32.8 Å². The van der Waals surface area contributed by atoms with Gasteiger partial charge in [-0.3, -0.25) is 14.6 Å². The van der Waals surface area contributed by atoms with E-state index >= 15 is 0 Å². The number of fused-ring (bicyclic) bond motifs is 1. The summed E-state index contributed by atoms with van der Waals surface area (Å²) in [7, 11) is 4.74. The maximum atomic E-state index is 11.6. The van der Waals surface area contributed by atoms with E-state index in [1.54, 1.807) is 20.3 Å². The van der Waals surface area contributed by atoms with Gasteiger partial charge in [0.1, 0.15) is 12.3 Å². The molecule has 2 amide bonds. The summed E-state index contributed by atoms with van der Waals surface area (Å²) in [6.45, 7) is 1.88. The minimum Gasteiger partial charge on any atom is -0.495 e. The van der Waals surface area contributed by atoms with Gasteiger partial charge in [0.15, 0.2) is 11.5 Å². The van der Waals surface area contributed by atoms with Gasteiger partial charge in [0.05, 0.1) is 27.0 Å². The Hall–Kier alpha value is -3.81. The van der Waals surface area contributed by atoms with Crippen LogP contribution in [0.1, 0.15) is 30.2 Å². The van der Waals surface area contributed by atoms with Gasteiger partial charge in [0.2, 0.25) is 12.3 Å². The number of anilines is 1. The maximum Gasteiger partial charge on any atom is 0.237 e. The Kier molecular flexibility index (Phi) is 7.71. The number of aryl methyl sites for hydroxylation is 1. The van der Waals surface area contributed by atoms with Crippen molar-refractivity contribution in [1.29, 1.82) is 0 Å². The minimum absolute atomic E-state index is 0.240. The summed E-state index contributed by atoms with van der Waals surface area (Å²) in [6, 6.07) is 9.45. The molecule has 1 aromatic heterocycles. The highest BCUT2D eigenvalue weighted by Crippen LogP contribution is 2.36. The van der Waals surface area contributed by atoms with Gasteiger partial charge in [-0.1, -0.05) is 19.4 Å². The first kappa shape index (κ1) is 23.8. The summed E-state index contributed by atoms with van der Waals surface area (Å²) in [6.07, 6.45) is 4.81. The molecule has 0 bridgehead atoms. The van der Waals surface area contributed by atoms with Crippen LogP contribution in [0.15, 0.2) is 36.5 Å². The van der Waals surface area contributed by atoms with Crippen molar-refractivity contribution in [2.45, 2.75) is 26.2 Å². The van der Waals surface area contributed by atoms with Gasteiger partial charge < -0.3 is 24.8 Å². The van der Waals surface area contributed by atoms with Gasteiger partial charge >= 0.3 is 0 Å². The molecule has 174 valence electrons. The van der Waals surface area contributed by atoms with E-state index in [-0.39, 0.29) is 6.54 Å². The summed E-state index contributed by atoms with van der Waals surface area (Å²) < 4.78 is 16.4. The molecule has 8 nitrogen and oxygen atoms in total. The van der Waals surface area contributed by atoms with Gasteiger partial charge in [-0.05, 0) is 53.6 Å². The van der Waals surface area contributed by atoms with E-state index < -0.39 is 5.91 Å². The zero-order valence-corrected chi connectivity index (χ0v) is 19.4. The van der Waals surface area contributed by atoms with Crippen LogP contribution in [0.5, 0.6) is 17.2 Å². The van der Waals surface area contributed by atoms with Crippen LogP contribution in [0.25, 0.3) is 10.8 Å². The van der Waals surface area contributed by atoms with Gasteiger partial charge in [-0.2, -0.15) is 0 Å². The van der Waals surface area contributed by atoms with Crippen molar-refractivity contribution >= 4 is 28.8 Å². The Balaban J connectivity index is 2.10. The third kappa shape index (κ3) is 5.16. The lowest BCUT2D eigenvalue weighted by Gasteiger charge is -2.20. The number of rotatable bonds is 11. The second-order valence-corrected chi connectivity index (χ2v) is 7.62. The molecule has 0 aliphatic heterocycles. The highest BCUT2D eigenvalue weighted by atomic mass is 16.5. The predicted molar refractivity (Wildman–Crippen MR) is 127 cm³/mol. The first-order valence-electron chi connectivity index (χ1n) is 10.6. The summed E-state index contributed by atoms with van der Waals surface area (Å²) in [4.78, 5) is 29.0. The topological polar surface area (TPSA) is 104 Å². The first-order valence-corrected chi connectivity index (χ1v) is 10.6. The summed E-state index contributed by atoms with van der Waals surface area (Å²) in [5.74, 6) is 1.15. The van der Waals surface area contributed by atoms with Crippen molar-refractivity contribution < 1.29 is 23.8 Å². The molecule has 2 N–H and O–H groups in total. The number of carbonyl (C=O) groups excluding carboxylic acids is 2. The number of carbonyl (C=O) groups is 2. The maximum absolute atomic E-state index is 11.6. The van der Waals surface area contributed by atoms with Gasteiger partial charge in [0.25, 0.3) is 0 Å². The molecule has 0 saturated carbocycles. The number of hydrogen-bond acceptors (Lipinski definition) is 6. The Labute approximate surface area is 193 Å². The fourth-order valence-electron chi connectivity index (χ4n) is 3.89. The fraction of sp³-hybridized carbons (Fsp3) is 0.320. The molecular weight excluding hydrogens is 422 g/mol. The molecule has 3 rings (SSSR count). The number of amides is 2. The second-order valence-electron chi connectivity index (χ2n) is 7.62. The van der Waals surface area contributed by atoms with Crippen LogP contribution in [-0.4, -0.2) is 45.2 Å². The second kappa shape index (κ2) is 10.7. The average molecular weight is 452 g/mol. The molecule has 33 heavy (non-hydrogen) atoms. The number of ether oxygens (including phenoxy) is 3. The molecule has 0 saturated heterocycles. The Morgan fingerprint density at radius 3 is 2.27 bits per heavy atom. The number of pyridine rings is 1. The van der Waals surface area contributed by atoms with Crippen LogP contribution in [0, 0.1) is 0 Å². The lowest BCUT2D eigenvalue weighted by atomic mass is 9.97. The van der Waals surface area contributed by atoms with Crippen LogP contribution in [0.2, 0.25) is 0 Å². The molecule has 0 fully saturated rings. The lowest BCUT2D eigenvalue weighted by Crippen LogP contribution is -2.33. The van der Waals surface area contributed by atoms with E-state index in [1.165, 1.54) is 12.0 Å². The Bertz CT molecular complexity index is 1160. The molecule has 1 heterocycles. The van der Waals surface area contributed by atoms with Crippen molar-refractivity contribution in [3.63, 3.8) is 0 Å². The zero-order chi connectivity index (χ0) is 24.0. The predicted octanol–water partition coefficient (Wildman–Crippen LogP) is 3.25. The van der Waals surface area contributed by atoms with Crippen molar-refractivity contribution in [3.8, 4) is 17.2 Å². The summed E-state index contributed by atoms with van der Waals surface area (Å²) >= 11 is 0. The smallest absolute Gasteiger partial charge is 0.237 e. The molecule has 0 aliphatic rings. The fourth-order valence-corrected chi connectivity index (χ4v) is 3.89. The molecule has 0 unspecified atom stereocenters. The number of primary amides is 1. The van der Waals surface area contributed by atoms with Gasteiger partial charge in [-0.15, -0.1) is 0 Å². The largest absolute Gasteiger partial charge is 0.495 e. The normalized spacial score (nSPS) is 10.7. The van der Waals surface area contributed by atoms with Crippen molar-refractivity contribution in [2.24, 2.45) is 5.73 Å². The van der Waals surface area contributed by atoms with Gasteiger partial charge in [0, 0.05) is 17.3 Å². The van der Waals surface area contributed by atoms with E-state index in [4.69, 9.17) is 24.9 Å². The molecule has 2 aromatic carbocycles. The molecule has 0 spiro atoms. The molecule has 3 aromatic rings. The molecule has 0 atom stereocenters. The quantitative estimate of drug-likeness (QED) is 0.449. The number of nitrogens with zero attached hydrogens (tertiary/aromatic N) is 2. The molecular formula is C25H29N3O5. The number of methoxy groups -OCH3 is 3. The zero-order valence-electron chi connectivity index (χ0n) is 19.4. The van der Waals surface area contributed by atoms with Gasteiger partial charge in [-0.25, -0.2) is 0 Å². The van der Waals surface area contributed by atoms with E-state index in [0.717, 1.165) is 40.4 Å². The monoisotopic (exact) mass is 451 g/mol. The number of hydrogen-bond donors (Lipinski definition) is 1. The molecule has 8 heteroatoms. The molecule has 0 radical (unpaired) electrons. The average Bonchev–Trinajstić information content (AvgIpc) is 2.83. The minimum atomic E-state index is -0.614. The third-order valence-electron chi connectivity index (χ3n) is 5.44. The van der Waals surface area contributed by atoms with Crippen molar-refractivity contribution in [1.82, 2.24) is 4.98 Å². The van der Waals surface area contributed by atoms with Crippen LogP contribution in [-0.2, 0) is 22.4 Å². The van der Waals surface area contributed by atoms with Crippen LogP contribution >= 0.6 is 0 Å². The summed E-state index contributed by atoms with van der Waals surface area (Å²) in [5, 5.41) is 2.04. The SMILES string of the molecule is CCCc1ncc(Cc2ccc(OC)c(N(C=O)CC(N)=O)c2)c2cc(OC)c(OC)cc12. The van der Waals surface area contributed by atoms with Crippen LogP contribution in [0.4, 0.5) is 5.69 Å². The Morgan fingerprint density at radius 1 is 1.03 bits per heavy atom. The lowest BCUT2D eigenvalue weighted by molar-refractivity contribution is -0.118. The summed E-state index contributed by atoms with van der Waals surface area (Å²) in [5.41, 5.74) is 8.69. The number of aromatic nitrogens is 1. The molecule has 0 aliphatic carbocycles. The van der Waals surface area contributed by atoms with E-state index in [9.17, 15) is 9.59 Å². The highest BCUT2D eigenvalue weighted by molar-refractivity contribution is 5.91. The standard InChI is InChI=1S/C25H29N3O5/c1-5-6-20-19-12-24(33-4)23(32-3)11-18(19)17(13-27-20)9-16-7-8-22(31-2)21(10-16)28(15-29)14-25(26)30/h7-8,10-13,15H,5-6,9,14H2,1-4H3,(H2,26,30). The van der Waals surface area contributed by atoms with E-state index in [0.29, 0.717) is 35.8 Å². The number of nitrogens with two attached hydrogens (primary N) is 1. The third-order valence-corrected chi connectivity index (χ3v) is 5.44. The van der Waals surface area contributed by atoms with Crippen LogP contribution < -0.4 is 24.8 Å². The highest BCUT2D eigenvalue weighted by Gasteiger charge is 2.17.